The average molecular weight is 195 g/mol. The number of Topliss-reactive ketones (excluding diaryl/α,β-unsaturated/α-hetero) is 1. The number of likely N-dealkylation sites (tertiary alicyclic amines) is 1. The largest absolute Gasteiger partial charge is 0.332 e. The van der Waals surface area contributed by atoms with Crippen LogP contribution in [0, 0.1) is 0 Å². The summed E-state index contributed by atoms with van der Waals surface area (Å²) in [5, 5.41) is 0. The van der Waals surface area contributed by atoms with Gasteiger partial charge >= 0.3 is 0 Å². The van der Waals surface area contributed by atoms with Crippen molar-refractivity contribution in [1.82, 2.24) is 4.90 Å². The van der Waals surface area contributed by atoms with E-state index in [1.54, 1.807) is 11.8 Å². The summed E-state index contributed by atoms with van der Waals surface area (Å²) >= 11 is 0. The molecule has 1 unspecified atom stereocenters. The SMILES string of the molecule is C=C(C)CC(=O)N1CCCC1C(C)=O. The molecule has 3 heteroatoms. The highest BCUT2D eigenvalue weighted by molar-refractivity contribution is 5.88. The zero-order chi connectivity index (χ0) is 10.7. The molecule has 3 nitrogen and oxygen atoms in total. The van der Waals surface area contributed by atoms with Crippen LogP contribution in [-0.2, 0) is 9.59 Å². The van der Waals surface area contributed by atoms with Crippen molar-refractivity contribution < 1.29 is 9.59 Å². The van der Waals surface area contributed by atoms with E-state index in [0.717, 1.165) is 25.0 Å². The minimum Gasteiger partial charge on any atom is -0.332 e. The highest BCUT2D eigenvalue weighted by Crippen LogP contribution is 2.19. The molecule has 0 aromatic carbocycles. The zero-order valence-electron chi connectivity index (χ0n) is 8.88. The average Bonchev–Trinajstić information content (AvgIpc) is 2.49. The van der Waals surface area contributed by atoms with Gasteiger partial charge in [0, 0.05) is 13.0 Å². The van der Waals surface area contributed by atoms with Crippen LogP contribution < -0.4 is 0 Å². The molecule has 0 bridgehead atoms. The molecule has 0 N–H and O–H groups in total. The highest BCUT2D eigenvalue weighted by atomic mass is 16.2. The van der Waals surface area contributed by atoms with Gasteiger partial charge in [-0.05, 0) is 26.7 Å². The number of nitrogens with zero attached hydrogens (tertiary/aromatic N) is 1. The van der Waals surface area contributed by atoms with Gasteiger partial charge in [-0.15, -0.1) is 0 Å². The number of hydrogen-bond donors (Lipinski definition) is 0. The quantitative estimate of drug-likeness (QED) is 0.640. The second kappa shape index (κ2) is 4.40. The van der Waals surface area contributed by atoms with Crippen molar-refractivity contribution in [2.75, 3.05) is 6.54 Å². The van der Waals surface area contributed by atoms with Crippen molar-refractivity contribution in [2.24, 2.45) is 0 Å². The van der Waals surface area contributed by atoms with Crippen LogP contribution in [-0.4, -0.2) is 29.2 Å². The summed E-state index contributed by atoms with van der Waals surface area (Å²) < 4.78 is 0. The van der Waals surface area contributed by atoms with Gasteiger partial charge in [0.25, 0.3) is 0 Å². The molecular weight excluding hydrogens is 178 g/mol. The summed E-state index contributed by atoms with van der Waals surface area (Å²) in [6.07, 6.45) is 2.12. The molecule has 0 radical (unpaired) electrons. The third-order valence-electron chi connectivity index (χ3n) is 2.50. The van der Waals surface area contributed by atoms with Gasteiger partial charge in [0.1, 0.15) is 0 Å². The van der Waals surface area contributed by atoms with Gasteiger partial charge in [-0.3, -0.25) is 9.59 Å². The molecule has 78 valence electrons. The fraction of sp³-hybridized carbons (Fsp3) is 0.636. The Bertz CT molecular complexity index is 270. The van der Waals surface area contributed by atoms with Crippen LogP contribution in [0.3, 0.4) is 0 Å². The minimum atomic E-state index is -0.179. The summed E-state index contributed by atoms with van der Waals surface area (Å²) in [5.41, 5.74) is 0.851. The molecular formula is C11H17NO2. The third-order valence-corrected chi connectivity index (χ3v) is 2.50. The van der Waals surface area contributed by atoms with E-state index in [-0.39, 0.29) is 17.7 Å². The fourth-order valence-corrected chi connectivity index (χ4v) is 1.85. The van der Waals surface area contributed by atoms with Crippen molar-refractivity contribution in [3.8, 4) is 0 Å². The first-order valence-electron chi connectivity index (χ1n) is 4.96. The van der Waals surface area contributed by atoms with Crippen LogP contribution >= 0.6 is 0 Å². The molecule has 1 amide bonds. The van der Waals surface area contributed by atoms with E-state index in [2.05, 4.69) is 6.58 Å². The monoisotopic (exact) mass is 195 g/mol. The van der Waals surface area contributed by atoms with E-state index in [1.807, 2.05) is 6.92 Å². The molecule has 1 aliphatic heterocycles. The molecule has 1 saturated heterocycles. The maximum atomic E-state index is 11.7. The van der Waals surface area contributed by atoms with E-state index >= 15 is 0 Å². The van der Waals surface area contributed by atoms with Gasteiger partial charge in [-0.1, -0.05) is 12.2 Å². The van der Waals surface area contributed by atoms with E-state index in [4.69, 9.17) is 0 Å². The van der Waals surface area contributed by atoms with Crippen LogP contribution in [0.5, 0.6) is 0 Å². The minimum absolute atomic E-state index is 0.0372. The Balaban J connectivity index is 2.62. The molecule has 1 rings (SSSR count). The summed E-state index contributed by atoms with van der Waals surface area (Å²) in [5.74, 6) is 0.132. The topological polar surface area (TPSA) is 37.4 Å². The van der Waals surface area contributed by atoms with Crippen LogP contribution in [0.15, 0.2) is 12.2 Å². The van der Waals surface area contributed by atoms with Crippen molar-refractivity contribution in [3.63, 3.8) is 0 Å². The van der Waals surface area contributed by atoms with Gasteiger partial charge in [0.15, 0.2) is 5.78 Å². The lowest BCUT2D eigenvalue weighted by molar-refractivity contribution is -0.136. The summed E-state index contributed by atoms with van der Waals surface area (Å²) in [7, 11) is 0. The van der Waals surface area contributed by atoms with Gasteiger partial charge in [0.2, 0.25) is 5.91 Å². The zero-order valence-corrected chi connectivity index (χ0v) is 8.88. The van der Waals surface area contributed by atoms with Crippen molar-refractivity contribution in [1.29, 1.82) is 0 Å². The van der Waals surface area contributed by atoms with E-state index < -0.39 is 0 Å². The third kappa shape index (κ3) is 2.44. The van der Waals surface area contributed by atoms with Crippen molar-refractivity contribution in [2.45, 2.75) is 39.2 Å². The molecule has 0 saturated carbocycles. The molecule has 1 heterocycles. The maximum absolute atomic E-state index is 11.7. The Kier molecular flexibility index (Phi) is 3.44. The second-order valence-electron chi connectivity index (χ2n) is 3.99. The van der Waals surface area contributed by atoms with E-state index in [1.165, 1.54) is 0 Å². The van der Waals surface area contributed by atoms with Gasteiger partial charge < -0.3 is 4.90 Å². The van der Waals surface area contributed by atoms with Gasteiger partial charge in [-0.2, -0.15) is 0 Å². The normalized spacial score (nSPS) is 21.0. The molecule has 0 aliphatic carbocycles. The lowest BCUT2D eigenvalue weighted by atomic mass is 10.1. The smallest absolute Gasteiger partial charge is 0.227 e. The molecule has 14 heavy (non-hydrogen) atoms. The molecule has 0 spiro atoms. The first-order valence-corrected chi connectivity index (χ1v) is 4.96. The summed E-state index contributed by atoms with van der Waals surface area (Å²) in [4.78, 5) is 24.6. The standard InChI is InChI=1S/C11H17NO2/c1-8(2)7-11(14)12-6-4-5-10(12)9(3)13/h10H,1,4-7H2,2-3H3. The number of carbonyl (C=O) groups is 2. The predicted molar refractivity (Wildman–Crippen MR) is 54.8 cm³/mol. The number of hydrogen-bond acceptors (Lipinski definition) is 2. The Morgan fingerprint density at radius 3 is 2.57 bits per heavy atom. The lowest BCUT2D eigenvalue weighted by Gasteiger charge is -2.22. The Morgan fingerprint density at radius 1 is 1.43 bits per heavy atom. The Labute approximate surface area is 84.8 Å². The van der Waals surface area contributed by atoms with Crippen molar-refractivity contribution >= 4 is 11.7 Å². The number of ketones is 1. The first kappa shape index (κ1) is 11.0. The van der Waals surface area contributed by atoms with Crippen LogP contribution in [0.4, 0.5) is 0 Å². The van der Waals surface area contributed by atoms with E-state index in [9.17, 15) is 9.59 Å². The molecule has 1 aliphatic rings. The highest BCUT2D eigenvalue weighted by Gasteiger charge is 2.31. The Morgan fingerprint density at radius 2 is 2.07 bits per heavy atom. The number of carbonyl (C=O) groups excluding carboxylic acids is 2. The second-order valence-corrected chi connectivity index (χ2v) is 3.99. The maximum Gasteiger partial charge on any atom is 0.227 e. The molecule has 1 fully saturated rings. The van der Waals surface area contributed by atoms with E-state index in [0.29, 0.717) is 6.42 Å². The van der Waals surface area contributed by atoms with Gasteiger partial charge in [-0.25, -0.2) is 0 Å². The van der Waals surface area contributed by atoms with Crippen molar-refractivity contribution in [3.05, 3.63) is 12.2 Å². The van der Waals surface area contributed by atoms with Crippen LogP contribution in [0.2, 0.25) is 0 Å². The first-order chi connectivity index (χ1) is 6.52. The number of amides is 1. The molecule has 1 atom stereocenters. The summed E-state index contributed by atoms with van der Waals surface area (Å²) in [6.45, 7) is 7.81. The summed E-state index contributed by atoms with van der Waals surface area (Å²) in [6, 6.07) is -0.179. The van der Waals surface area contributed by atoms with Crippen LogP contribution in [0.1, 0.15) is 33.1 Å². The Hall–Kier alpha value is -1.12. The van der Waals surface area contributed by atoms with Crippen LogP contribution in [0.25, 0.3) is 0 Å². The fourth-order valence-electron chi connectivity index (χ4n) is 1.85. The molecule has 0 aromatic rings. The lowest BCUT2D eigenvalue weighted by Crippen LogP contribution is -2.39. The predicted octanol–water partition coefficient (Wildman–Crippen LogP) is 1.53. The number of rotatable bonds is 3. The molecule has 0 aromatic heterocycles. The van der Waals surface area contributed by atoms with Gasteiger partial charge in [0.05, 0.1) is 6.04 Å².